The molecule has 6 heteroatoms. The molecule has 2 aromatic heterocycles. The van der Waals surface area contributed by atoms with Crippen molar-refractivity contribution in [2.24, 2.45) is 5.73 Å². The van der Waals surface area contributed by atoms with E-state index in [1.807, 2.05) is 12.3 Å². The maximum Gasteiger partial charge on any atom is 0.269 e. The minimum Gasteiger partial charge on any atom is -0.364 e. The second-order valence-electron chi connectivity index (χ2n) is 10.1. The van der Waals surface area contributed by atoms with E-state index in [2.05, 4.69) is 62.8 Å². The third-order valence-electron chi connectivity index (χ3n) is 6.13. The SMILES string of the molecule is Cc1cc(CC(C)(C)c2c[nH]c3c(F)cccc23)c2[nH]nc(C(N)=O)c2c1C(C)(C)C. The van der Waals surface area contributed by atoms with Crippen LogP contribution in [0.5, 0.6) is 0 Å². The van der Waals surface area contributed by atoms with Gasteiger partial charge in [0.1, 0.15) is 5.82 Å². The summed E-state index contributed by atoms with van der Waals surface area (Å²) < 4.78 is 14.2. The molecular formula is C25H29FN4O. The minimum absolute atomic E-state index is 0.182. The van der Waals surface area contributed by atoms with Crippen molar-refractivity contribution in [3.05, 3.63) is 64.2 Å². The van der Waals surface area contributed by atoms with E-state index in [-0.39, 0.29) is 22.3 Å². The second kappa shape index (κ2) is 6.94. The van der Waals surface area contributed by atoms with E-state index < -0.39 is 5.91 Å². The molecule has 5 nitrogen and oxygen atoms in total. The van der Waals surface area contributed by atoms with Crippen molar-refractivity contribution in [2.45, 2.75) is 58.8 Å². The van der Waals surface area contributed by atoms with Gasteiger partial charge < -0.3 is 10.7 Å². The Hall–Kier alpha value is -3.15. The molecule has 0 spiro atoms. The molecule has 0 aliphatic rings. The number of nitrogens with two attached hydrogens (primary N) is 1. The van der Waals surface area contributed by atoms with Gasteiger partial charge in [0.2, 0.25) is 0 Å². The molecule has 162 valence electrons. The van der Waals surface area contributed by atoms with Crippen molar-refractivity contribution in [1.82, 2.24) is 15.2 Å². The number of carbonyl (C=O) groups is 1. The average Bonchev–Trinajstić information content (AvgIpc) is 3.25. The summed E-state index contributed by atoms with van der Waals surface area (Å²) in [6.07, 6.45) is 2.57. The first kappa shape index (κ1) is 21.1. The molecule has 0 aliphatic carbocycles. The number of nitrogens with zero attached hydrogens (tertiary/aromatic N) is 1. The van der Waals surface area contributed by atoms with Gasteiger partial charge in [0.25, 0.3) is 5.91 Å². The van der Waals surface area contributed by atoms with E-state index in [0.717, 1.165) is 38.5 Å². The number of para-hydroxylation sites is 1. The number of hydrogen-bond acceptors (Lipinski definition) is 2. The third-order valence-corrected chi connectivity index (χ3v) is 6.13. The zero-order valence-electron chi connectivity index (χ0n) is 18.9. The third kappa shape index (κ3) is 3.40. The van der Waals surface area contributed by atoms with Crippen LogP contribution in [0.1, 0.15) is 67.4 Å². The zero-order chi connectivity index (χ0) is 22.7. The number of aryl methyl sites for hydroxylation is 1. The van der Waals surface area contributed by atoms with Gasteiger partial charge in [-0.15, -0.1) is 0 Å². The van der Waals surface area contributed by atoms with Gasteiger partial charge in [0.05, 0.1) is 11.0 Å². The average molecular weight is 421 g/mol. The fraction of sp³-hybridized carbons (Fsp3) is 0.360. The lowest BCUT2D eigenvalue weighted by Gasteiger charge is -2.28. The summed E-state index contributed by atoms with van der Waals surface area (Å²) in [4.78, 5) is 15.2. The number of H-pyrrole nitrogens is 2. The Morgan fingerprint density at radius 3 is 2.52 bits per heavy atom. The molecule has 0 unspecified atom stereocenters. The topological polar surface area (TPSA) is 87.6 Å². The second-order valence-corrected chi connectivity index (χ2v) is 10.1. The highest BCUT2D eigenvalue weighted by atomic mass is 19.1. The van der Waals surface area contributed by atoms with Gasteiger partial charge in [-0.05, 0) is 52.5 Å². The predicted molar refractivity (Wildman–Crippen MR) is 123 cm³/mol. The largest absolute Gasteiger partial charge is 0.364 e. The first-order valence-electron chi connectivity index (χ1n) is 10.5. The molecule has 31 heavy (non-hydrogen) atoms. The Labute approximate surface area is 181 Å². The number of aromatic nitrogens is 3. The van der Waals surface area contributed by atoms with Crippen LogP contribution in [0, 0.1) is 12.7 Å². The number of hydrogen-bond donors (Lipinski definition) is 3. The quantitative estimate of drug-likeness (QED) is 0.412. The molecule has 1 amide bonds. The molecule has 0 radical (unpaired) electrons. The number of carbonyl (C=O) groups excluding carboxylic acids is 1. The number of nitrogens with one attached hydrogen (secondary N) is 2. The zero-order valence-corrected chi connectivity index (χ0v) is 18.9. The molecule has 0 aliphatic heterocycles. The highest BCUT2D eigenvalue weighted by molar-refractivity contribution is 6.06. The lowest BCUT2D eigenvalue weighted by molar-refractivity contribution is 0.0997. The van der Waals surface area contributed by atoms with Crippen molar-refractivity contribution in [3.8, 4) is 0 Å². The van der Waals surface area contributed by atoms with E-state index >= 15 is 0 Å². The highest BCUT2D eigenvalue weighted by Gasteiger charge is 2.30. The molecule has 4 rings (SSSR count). The van der Waals surface area contributed by atoms with Crippen LogP contribution in [0.4, 0.5) is 4.39 Å². The Bertz CT molecular complexity index is 1320. The van der Waals surface area contributed by atoms with Crippen molar-refractivity contribution in [1.29, 1.82) is 0 Å². The molecule has 0 fully saturated rings. The first-order valence-corrected chi connectivity index (χ1v) is 10.5. The van der Waals surface area contributed by atoms with Crippen LogP contribution in [0.15, 0.2) is 30.5 Å². The molecule has 0 saturated carbocycles. The summed E-state index contributed by atoms with van der Waals surface area (Å²) in [5.41, 5.74) is 11.1. The van der Waals surface area contributed by atoms with Gasteiger partial charge in [-0.3, -0.25) is 9.89 Å². The van der Waals surface area contributed by atoms with Crippen LogP contribution in [0.25, 0.3) is 21.8 Å². The van der Waals surface area contributed by atoms with Crippen molar-refractivity contribution in [3.63, 3.8) is 0 Å². The van der Waals surface area contributed by atoms with Gasteiger partial charge in [0.15, 0.2) is 5.69 Å². The summed E-state index contributed by atoms with van der Waals surface area (Å²) in [7, 11) is 0. The van der Waals surface area contributed by atoms with Crippen molar-refractivity contribution >= 4 is 27.7 Å². The molecule has 0 saturated heterocycles. The maximum atomic E-state index is 14.2. The van der Waals surface area contributed by atoms with Gasteiger partial charge in [0, 0.05) is 17.0 Å². The molecule has 2 heterocycles. The summed E-state index contributed by atoms with van der Waals surface area (Å²) >= 11 is 0. The molecule has 0 bridgehead atoms. The van der Waals surface area contributed by atoms with Gasteiger partial charge in [-0.2, -0.15) is 5.10 Å². The van der Waals surface area contributed by atoms with E-state index in [0.29, 0.717) is 11.9 Å². The van der Waals surface area contributed by atoms with Crippen LogP contribution in [-0.4, -0.2) is 21.1 Å². The number of primary amides is 1. The highest BCUT2D eigenvalue weighted by Crippen LogP contribution is 2.39. The smallest absolute Gasteiger partial charge is 0.269 e. The Morgan fingerprint density at radius 1 is 1.16 bits per heavy atom. The predicted octanol–water partition coefficient (Wildman–Crippen LogP) is 5.41. The Balaban J connectivity index is 1.91. The number of halogens is 1. The van der Waals surface area contributed by atoms with Crippen LogP contribution in [0.3, 0.4) is 0 Å². The van der Waals surface area contributed by atoms with Gasteiger partial charge >= 0.3 is 0 Å². The minimum atomic E-state index is -0.542. The summed E-state index contributed by atoms with van der Waals surface area (Å²) in [6.45, 7) is 12.7. The number of aromatic amines is 2. The molecule has 0 atom stereocenters. The first-order chi connectivity index (χ1) is 14.4. The van der Waals surface area contributed by atoms with Gasteiger partial charge in [-0.1, -0.05) is 52.8 Å². The standard InChI is InChI=1S/C25H29FN4O/c1-13-10-14(20-18(19(13)24(2,3)4)22(23(27)31)30-29-20)11-25(5,6)16-12-28-21-15(16)8-7-9-17(21)26/h7-10,12,28H,11H2,1-6H3,(H2,27,31)(H,29,30). The Morgan fingerprint density at radius 2 is 1.87 bits per heavy atom. The normalized spacial score (nSPS) is 12.7. The van der Waals surface area contributed by atoms with Gasteiger partial charge in [-0.25, -0.2) is 4.39 Å². The lowest BCUT2D eigenvalue weighted by Crippen LogP contribution is -2.22. The van der Waals surface area contributed by atoms with E-state index in [1.165, 1.54) is 6.07 Å². The lowest BCUT2D eigenvalue weighted by atomic mass is 9.76. The molecule has 4 aromatic rings. The molecular weight excluding hydrogens is 391 g/mol. The van der Waals surface area contributed by atoms with Crippen molar-refractivity contribution in [2.75, 3.05) is 0 Å². The Kier molecular flexibility index (Phi) is 4.72. The van der Waals surface area contributed by atoms with E-state index in [4.69, 9.17) is 5.73 Å². The van der Waals surface area contributed by atoms with Crippen LogP contribution in [0.2, 0.25) is 0 Å². The van der Waals surface area contributed by atoms with E-state index in [9.17, 15) is 9.18 Å². The fourth-order valence-corrected chi connectivity index (χ4v) is 4.95. The number of amides is 1. The summed E-state index contributed by atoms with van der Waals surface area (Å²) in [5.74, 6) is -0.799. The van der Waals surface area contributed by atoms with Crippen LogP contribution >= 0.6 is 0 Å². The molecule has 2 aromatic carbocycles. The monoisotopic (exact) mass is 420 g/mol. The maximum absolute atomic E-state index is 14.2. The number of benzene rings is 2. The fourth-order valence-electron chi connectivity index (χ4n) is 4.95. The van der Waals surface area contributed by atoms with Crippen LogP contribution < -0.4 is 5.73 Å². The molecule has 4 N–H and O–H groups in total. The van der Waals surface area contributed by atoms with E-state index in [1.54, 1.807) is 6.07 Å². The van der Waals surface area contributed by atoms with Crippen LogP contribution in [-0.2, 0) is 17.3 Å². The van der Waals surface area contributed by atoms with Crippen molar-refractivity contribution < 1.29 is 9.18 Å². The number of rotatable bonds is 4. The summed E-state index contributed by atoms with van der Waals surface area (Å²) in [6, 6.07) is 7.31. The summed E-state index contributed by atoms with van der Waals surface area (Å²) in [5, 5.41) is 9.03. The number of fused-ring (bicyclic) bond motifs is 2.